The van der Waals surface area contributed by atoms with Gasteiger partial charge in [0.05, 0.1) is 0 Å². The largest absolute Gasteiger partial charge is 0.298 e. The molecular weight excluding hydrogens is 170 g/mol. The Morgan fingerprint density at radius 3 is 2.43 bits per heavy atom. The summed E-state index contributed by atoms with van der Waals surface area (Å²) in [6.07, 6.45) is 5.23. The number of hydrogen-bond donors (Lipinski definition) is 0. The van der Waals surface area contributed by atoms with Crippen LogP contribution in [0, 0.1) is 6.54 Å². The lowest BCUT2D eigenvalue weighted by Gasteiger charge is -2.25. The van der Waals surface area contributed by atoms with E-state index in [1.165, 1.54) is 37.9 Å². The Balaban J connectivity index is 1.76. The number of nitrogens with zero attached hydrogens (tertiary/aromatic N) is 1. The molecule has 2 rings (SSSR count). The normalized spacial score (nSPS) is 18.3. The van der Waals surface area contributed by atoms with Crippen LogP contribution in [0.15, 0.2) is 30.3 Å². The van der Waals surface area contributed by atoms with Gasteiger partial charge in [-0.2, -0.15) is 0 Å². The molecule has 1 heterocycles. The maximum Gasteiger partial charge on any atom is 0.0295 e. The Kier molecular flexibility index (Phi) is 3.58. The second-order valence-corrected chi connectivity index (χ2v) is 3.97. The van der Waals surface area contributed by atoms with Crippen molar-refractivity contribution in [1.82, 2.24) is 4.90 Å². The first kappa shape index (κ1) is 9.72. The van der Waals surface area contributed by atoms with Crippen LogP contribution < -0.4 is 0 Å². The minimum Gasteiger partial charge on any atom is -0.298 e. The first-order chi connectivity index (χ1) is 6.95. The first-order valence-electron chi connectivity index (χ1n) is 5.56. The Labute approximate surface area is 86.7 Å². The average molecular weight is 188 g/mol. The van der Waals surface area contributed by atoms with Crippen molar-refractivity contribution >= 4 is 0 Å². The molecule has 1 aromatic carbocycles. The maximum atomic E-state index is 2.47. The third-order valence-electron chi connectivity index (χ3n) is 2.82. The van der Waals surface area contributed by atoms with E-state index >= 15 is 0 Å². The van der Waals surface area contributed by atoms with Gasteiger partial charge in [-0.3, -0.25) is 4.90 Å². The Bertz CT molecular complexity index is 249. The third-order valence-corrected chi connectivity index (χ3v) is 2.82. The summed E-state index contributed by atoms with van der Waals surface area (Å²) in [6.45, 7) is 4.87. The monoisotopic (exact) mass is 188 g/mol. The summed E-state index contributed by atoms with van der Waals surface area (Å²) in [4.78, 5) is 2.47. The van der Waals surface area contributed by atoms with Crippen molar-refractivity contribution in [3.05, 3.63) is 42.4 Å². The van der Waals surface area contributed by atoms with Crippen LogP contribution in [0.5, 0.6) is 0 Å². The fraction of sp³-hybridized carbons (Fsp3) is 0.462. The topological polar surface area (TPSA) is 3.24 Å². The van der Waals surface area contributed by atoms with E-state index in [1.54, 1.807) is 0 Å². The van der Waals surface area contributed by atoms with E-state index in [0.717, 1.165) is 6.42 Å². The van der Waals surface area contributed by atoms with Gasteiger partial charge in [-0.1, -0.05) is 36.8 Å². The second kappa shape index (κ2) is 5.16. The van der Waals surface area contributed by atoms with E-state index in [4.69, 9.17) is 0 Å². The number of rotatable bonds is 3. The van der Waals surface area contributed by atoms with Crippen LogP contribution in [-0.2, 0) is 6.42 Å². The lowest BCUT2D eigenvalue weighted by molar-refractivity contribution is 0.273. The van der Waals surface area contributed by atoms with Crippen molar-refractivity contribution < 1.29 is 0 Å². The number of likely N-dealkylation sites (tertiary alicyclic amines) is 1. The molecule has 1 heteroatoms. The smallest absolute Gasteiger partial charge is 0.0295 e. The van der Waals surface area contributed by atoms with Gasteiger partial charge in [0.25, 0.3) is 0 Å². The zero-order valence-electron chi connectivity index (χ0n) is 8.65. The van der Waals surface area contributed by atoms with Crippen LogP contribution in [-0.4, -0.2) is 18.0 Å². The number of piperidine rings is 1. The summed E-state index contributed by atoms with van der Waals surface area (Å²) in [5, 5.41) is 0. The minimum atomic E-state index is 1.08. The SMILES string of the molecule is [CH](Cc1ccccc1)N1CCCCC1. The Morgan fingerprint density at radius 1 is 1.00 bits per heavy atom. The van der Waals surface area contributed by atoms with E-state index < -0.39 is 0 Å². The Morgan fingerprint density at radius 2 is 1.71 bits per heavy atom. The average Bonchev–Trinajstić information content (AvgIpc) is 2.29. The predicted octanol–water partition coefficient (Wildman–Crippen LogP) is 2.88. The molecule has 1 aromatic rings. The second-order valence-electron chi connectivity index (χ2n) is 3.97. The van der Waals surface area contributed by atoms with Gasteiger partial charge in [0, 0.05) is 6.54 Å². The van der Waals surface area contributed by atoms with Gasteiger partial charge in [-0.15, -0.1) is 0 Å². The van der Waals surface area contributed by atoms with Crippen molar-refractivity contribution in [2.75, 3.05) is 13.1 Å². The molecule has 1 nitrogen and oxygen atoms in total. The van der Waals surface area contributed by atoms with Crippen molar-refractivity contribution in [3.8, 4) is 0 Å². The highest BCUT2D eigenvalue weighted by Gasteiger charge is 2.09. The maximum absolute atomic E-state index is 2.47. The molecule has 1 saturated heterocycles. The van der Waals surface area contributed by atoms with Crippen LogP contribution in [0.2, 0.25) is 0 Å². The van der Waals surface area contributed by atoms with Crippen LogP contribution >= 0.6 is 0 Å². The van der Waals surface area contributed by atoms with Crippen molar-refractivity contribution in [3.63, 3.8) is 0 Å². The third kappa shape index (κ3) is 2.85. The summed E-state index contributed by atoms with van der Waals surface area (Å²) in [7, 11) is 0. The minimum absolute atomic E-state index is 1.08. The van der Waals surface area contributed by atoms with E-state index in [1.807, 2.05) is 0 Å². The van der Waals surface area contributed by atoms with Gasteiger partial charge >= 0.3 is 0 Å². The molecule has 1 fully saturated rings. The van der Waals surface area contributed by atoms with Crippen LogP contribution in [0.25, 0.3) is 0 Å². The lowest BCUT2D eigenvalue weighted by Crippen LogP contribution is -2.27. The van der Waals surface area contributed by atoms with Crippen LogP contribution in [0.1, 0.15) is 24.8 Å². The van der Waals surface area contributed by atoms with Gasteiger partial charge in [-0.05, 0) is 37.9 Å². The zero-order chi connectivity index (χ0) is 9.64. The standard InChI is InChI=1S/C13H18N/c1-3-7-13(8-4-1)9-12-14-10-5-2-6-11-14/h1,3-4,7-8,12H,2,5-6,9-11H2. The molecular formula is C13H18N. The van der Waals surface area contributed by atoms with Crippen LogP contribution in [0.3, 0.4) is 0 Å². The van der Waals surface area contributed by atoms with Crippen molar-refractivity contribution in [2.45, 2.75) is 25.7 Å². The molecule has 1 aliphatic heterocycles. The molecule has 0 saturated carbocycles. The number of benzene rings is 1. The van der Waals surface area contributed by atoms with E-state index in [9.17, 15) is 0 Å². The molecule has 0 bridgehead atoms. The molecule has 0 amide bonds. The molecule has 1 aliphatic rings. The molecule has 0 atom stereocenters. The van der Waals surface area contributed by atoms with E-state index in [-0.39, 0.29) is 0 Å². The van der Waals surface area contributed by atoms with Crippen LogP contribution in [0.4, 0.5) is 0 Å². The molecule has 1 radical (unpaired) electrons. The molecule has 75 valence electrons. The molecule has 0 N–H and O–H groups in total. The first-order valence-corrected chi connectivity index (χ1v) is 5.56. The predicted molar refractivity (Wildman–Crippen MR) is 59.9 cm³/mol. The van der Waals surface area contributed by atoms with Crippen molar-refractivity contribution in [2.24, 2.45) is 0 Å². The Hall–Kier alpha value is -0.820. The zero-order valence-corrected chi connectivity index (χ0v) is 8.65. The van der Waals surface area contributed by atoms with E-state index in [0.29, 0.717) is 0 Å². The van der Waals surface area contributed by atoms with E-state index in [2.05, 4.69) is 41.8 Å². The summed E-state index contributed by atoms with van der Waals surface area (Å²) in [5.74, 6) is 0. The molecule has 0 unspecified atom stereocenters. The van der Waals surface area contributed by atoms with Gasteiger partial charge < -0.3 is 0 Å². The summed E-state index contributed by atoms with van der Waals surface area (Å²) < 4.78 is 0. The quantitative estimate of drug-likeness (QED) is 0.705. The van der Waals surface area contributed by atoms with Gasteiger partial charge in [-0.25, -0.2) is 0 Å². The summed E-state index contributed by atoms with van der Waals surface area (Å²) in [5.41, 5.74) is 1.41. The molecule has 14 heavy (non-hydrogen) atoms. The lowest BCUT2D eigenvalue weighted by atomic mass is 10.1. The highest BCUT2D eigenvalue weighted by atomic mass is 15.1. The molecule has 0 aliphatic carbocycles. The highest BCUT2D eigenvalue weighted by molar-refractivity contribution is 5.16. The fourth-order valence-corrected chi connectivity index (χ4v) is 1.95. The molecule has 0 spiro atoms. The fourth-order valence-electron chi connectivity index (χ4n) is 1.95. The highest BCUT2D eigenvalue weighted by Crippen LogP contribution is 2.12. The summed E-state index contributed by atoms with van der Waals surface area (Å²) in [6, 6.07) is 10.7. The number of hydrogen-bond acceptors (Lipinski definition) is 1. The molecule has 0 aromatic heterocycles. The van der Waals surface area contributed by atoms with Gasteiger partial charge in [0.1, 0.15) is 0 Å². The summed E-state index contributed by atoms with van der Waals surface area (Å²) >= 11 is 0. The van der Waals surface area contributed by atoms with Crippen molar-refractivity contribution in [1.29, 1.82) is 0 Å². The van der Waals surface area contributed by atoms with Gasteiger partial charge in [0.15, 0.2) is 0 Å². The van der Waals surface area contributed by atoms with Gasteiger partial charge in [0.2, 0.25) is 0 Å².